The summed E-state index contributed by atoms with van der Waals surface area (Å²) >= 11 is 1.44. The van der Waals surface area contributed by atoms with E-state index in [1.807, 2.05) is 30.3 Å². The quantitative estimate of drug-likeness (QED) is 0.502. The minimum atomic E-state index is -0.485. The van der Waals surface area contributed by atoms with E-state index in [-0.39, 0.29) is 11.3 Å². The molecular weight excluding hydrogens is 417 g/mol. The number of aryl methyl sites for hydroxylation is 2. The third-order valence-electron chi connectivity index (χ3n) is 5.00. The van der Waals surface area contributed by atoms with E-state index < -0.39 is 11.7 Å². The van der Waals surface area contributed by atoms with Crippen LogP contribution in [0.5, 0.6) is 5.75 Å². The highest BCUT2D eigenvalue weighted by Crippen LogP contribution is 2.37. The Balaban J connectivity index is 1.78. The number of aromatic nitrogens is 2. The maximum absolute atomic E-state index is 13.6. The highest BCUT2D eigenvalue weighted by molar-refractivity contribution is 7.99. The van der Waals surface area contributed by atoms with Crippen LogP contribution in [0.4, 0.5) is 10.1 Å². The molecule has 1 aromatic heterocycles. The predicted octanol–water partition coefficient (Wildman–Crippen LogP) is 4.43. The SMILES string of the molecule is COc1ccc(Sc2cc3c(cc2NC(=O)c2cccc(F)c2)n(C)c(=O)n3C)cc1. The first kappa shape index (κ1) is 20.7. The molecule has 4 rings (SSSR count). The minimum Gasteiger partial charge on any atom is -0.497 e. The number of rotatable bonds is 5. The Morgan fingerprint density at radius 1 is 1.00 bits per heavy atom. The fourth-order valence-corrected chi connectivity index (χ4v) is 4.22. The largest absolute Gasteiger partial charge is 0.497 e. The average Bonchev–Trinajstić information content (AvgIpc) is 2.98. The van der Waals surface area contributed by atoms with E-state index in [1.54, 1.807) is 37.9 Å². The molecule has 0 fully saturated rings. The van der Waals surface area contributed by atoms with Crippen LogP contribution in [-0.4, -0.2) is 22.2 Å². The lowest BCUT2D eigenvalue weighted by molar-refractivity contribution is 0.102. The molecule has 1 heterocycles. The molecule has 158 valence electrons. The van der Waals surface area contributed by atoms with Gasteiger partial charge in [0.15, 0.2) is 0 Å². The Hall–Kier alpha value is -3.52. The van der Waals surface area contributed by atoms with E-state index in [0.717, 1.165) is 21.1 Å². The Bertz CT molecular complexity index is 1340. The molecule has 0 radical (unpaired) electrons. The topological polar surface area (TPSA) is 65.3 Å². The average molecular weight is 437 g/mol. The number of anilines is 1. The number of nitrogens with one attached hydrogen (secondary N) is 1. The smallest absolute Gasteiger partial charge is 0.328 e. The van der Waals surface area contributed by atoms with Gasteiger partial charge in [-0.15, -0.1) is 0 Å². The van der Waals surface area contributed by atoms with Gasteiger partial charge in [-0.1, -0.05) is 17.8 Å². The first-order valence-corrected chi connectivity index (χ1v) is 10.3. The summed E-state index contributed by atoms with van der Waals surface area (Å²) in [5.41, 5.74) is 2.00. The third kappa shape index (κ3) is 4.06. The zero-order valence-electron chi connectivity index (χ0n) is 17.2. The van der Waals surface area contributed by atoms with Crippen molar-refractivity contribution in [2.24, 2.45) is 14.1 Å². The van der Waals surface area contributed by atoms with Crippen molar-refractivity contribution in [1.82, 2.24) is 9.13 Å². The van der Waals surface area contributed by atoms with Crippen molar-refractivity contribution in [2.45, 2.75) is 9.79 Å². The molecule has 0 saturated heterocycles. The van der Waals surface area contributed by atoms with E-state index in [0.29, 0.717) is 11.2 Å². The number of hydrogen-bond donors (Lipinski definition) is 1. The number of methoxy groups -OCH3 is 1. The number of imidazole rings is 1. The Morgan fingerprint density at radius 2 is 1.68 bits per heavy atom. The van der Waals surface area contributed by atoms with Crippen molar-refractivity contribution < 1.29 is 13.9 Å². The normalized spacial score (nSPS) is 11.0. The molecule has 8 heteroatoms. The fourth-order valence-electron chi connectivity index (χ4n) is 3.30. The maximum atomic E-state index is 13.6. The van der Waals surface area contributed by atoms with Crippen LogP contribution >= 0.6 is 11.8 Å². The summed E-state index contributed by atoms with van der Waals surface area (Å²) < 4.78 is 21.9. The van der Waals surface area contributed by atoms with Gasteiger partial charge in [-0.3, -0.25) is 13.9 Å². The highest BCUT2D eigenvalue weighted by Gasteiger charge is 2.16. The molecule has 0 unspecified atom stereocenters. The van der Waals surface area contributed by atoms with Crippen molar-refractivity contribution in [3.05, 3.63) is 82.5 Å². The second-order valence-electron chi connectivity index (χ2n) is 6.98. The first-order valence-electron chi connectivity index (χ1n) is 9.45. The number of amides is 1. The number of ether oxygens (including phenoxy) is 1. The van der Waals surface area contributed by atoms with Gasteiger partial charge < -0.3 is 10.1 Å². The van der Waals surface area contributed by atoms with Gasteiger partial charge in [0, 0.05) is 29.4 Å². The summed E-state index contributed by atoms with van der Waals surface area (Å²) in [5, 5.41) is 2.87. The van der Waals surface area contributed by atoms with Crippen molar-refractivity contribution in [3.63, 3.8) is 0 Å². The van der Waals surface area contributed by atoms with Crippen LogP contribution in [0.25, 0.3) is 11.0 Å². The number of nitrogens with zero attached hydrogens (tertiary/aromatic N) is 2. The van der Waals surface area contributed by atoms with E-state index >= 15 is 0 Å². The summed E-state index contributed by atoms with van der Waals surface area (Å²) in [7, 11) is 4.99. The van der Waals surface area contributed by atoms with E-state index in [9.17, 15) is 14.0 Å². The zero-order chi connectivity index (χ0) is 22.1. The van der Waals surface area contributed by atoms with Gasteiger partial charge in [-0.05, 0) is 54.6 Å². The molecule has 1 amide bonds. The van der Waals surface area contributed by atoms with Crippen LogP contribution < -0.4 is 15.7 Å². The van der Waals surface area contributed by atoms with Crippen molar-refractivity contribution >= 4 is 34.4 Å². The second kappa shape index (κ2) is 8.31. The standard InChI is InChI=1S/C23H20FN3O3S/c1-26-19-12-18(25-22(28)14-5-4-6-15(24)11-14)21(13-20(19)27(2)23(26)29)31-17-9-7-16(30-3)8-10-17/h4-13H,1-3H3,(H,25,28). The van der Waals surface area contributed by atoms with Crippen LogP contribution in [0.1, 0.15) is 10.4 Å². The lowest BCUT2D eigenvalue weighted by Gasteiger charge is -2.13. The van der Waals surface area contributed by atoms with Crippen molar-refractivity contribution in [3.8, 4) is 5.75 Å². The highest BCUT2D eigenvalue weighted by atomic mass is 32.2. The van der Waals surface area contributed by atoms with Crippen LogP contribution in [0.3, 0.4) is 0 Å². The first-order chi connectivity index (χ1) is 14.9. The molecule has 0 spiro atoms. The lowest BCUT2D eigenvalue weighted by Crippen LogP contribution is -2.19. The summed E-state index contributed by atoms with van der Waals surface area (Å²) in [5.74, 6) is -0.178. The molecule has 0 atom stereocenters. The molecular formula is C23H20FN3O3S. The van der Waals surface area contributed by atoms with E-state index in [2.05, 4.69) is 5.32 Å². The monoisotopic (exact) mass is 437 g/mol. The van der Waals surface area contributed by atoms with Gasteiger partial charge in [-0.2, -0.15) is 0 Å². The lowest BCUT2D eigenvalue weighted by atomic mass is 10.2. The van der Waals surface area contributed by atoms with Crippen LogP contribution in [0.2, 0.25) is 0 Å². The molecule has 4 aromatic rings. The van der Waals surface area contributed by atoms with Gasteiger partial charge in [0.2, 0.25) is 0 Å². The molecule has 3 aromatic carbocycles. The Labute approximate surface area is 182 Å². The van der Waals surface area contributed by atoms with Gasteiger partial charge >= 0.3 is 5.69 Å². The molecule has 0 aliphatic heterocycles. The molecule has 0 saturated carbocycles. The fraction of sp³-hybridized carbons (Fsp3) is 0.130. The number of benzene rings is 3. The van der Waals surface area contributed by atoms with Gasteiger partial charge in [-0.25, -0.2) is 9.18 Å². The van der Waals surface area contributed by atoms with Crippen LogP contribution in [0, 0.1) is 5.82 Å². The minimum absolute atomic E-state index is 0.163. The van der Waals surface area contributed by atoms with E-state index in [4.69, 9.17) is 4.74 Å². The third-order valence-corrected chi connectivity index (χ3v) is 6.06. The summed E-state index contributed by atoms with van der Waals surface area (Å²) in [6, 6.07) is 16.7. The number of halogens is 1. The van der Waals surface area contributed by atoms with E-state index in [1.165, 1.54) is 34.5 Å². The summed E-state index contributed by atoms with van der Waals surface area (Å²) in [4.78, 5) is 26.9. The molecule has 31 heavy (non-hydrogen) atoms. The second-order valence-corrected chi connectivity index (χ2v) is 8.10. The molecule has 0 aliphatic carbocycles. The molecule has 6 nitrogen and oxygen atoms in total. The van der Waals surface area contributed by atoms with Crippen molar-refractivity contribution in [1.29, 1.82) is 0 Å². The zero-order valence-corrected chi connectivity index (χ0v) is 18.0. The molecule has 1 N–H and O–H groups in total. The number of fused-ring (bicyclic) bond motifs is 1. The predicted molar refractivity (Wildman–Crippen MR) is 120 cm³/mol. The molecule has 0 aliphatic rings. The Morgan fingerprint density at radius 3 is 2.32 bits per heavy atom. The molecule has 0 bridgehead atoms. The number of carbonyl (C=O) groups excluding carboxylic acids is 1. The van der Waals surface area contributed by atoms with Crippen molar-refractivity contribution in [2.75, 3.05) is 12.4 Å². The van der Waals surface area contributed by atoms with Gasteiger partial charge in [0.1, 0.15) is 11.6 Å². The van der Waals surface area contributed by atoms with Gasteiger partial charge in [0.05, 0.1) is 23.8 Å². The number of carbonyl (C=O) groups is 1. The Kier molecular flexibility index (Phi) is 5.56. The summed E-state index contributed by atoms with van der Waals surface area (Å²) in [6.07, 6.45) is 0. The van der Waals surface area contributed by atoms with Crippen LogP contribution in [0.15, 0.2) is 75.2 Å². The van der Waals surface area contributed by atoms with Gasteiger partial charge in [0.25, 0.3) is 5.91 Å². The number of hydrogen-bond acceptors (Lipinski definition) is 4. The van der Waals surface area contributed by atoms with Crippen LogP contribution in [-0.2, 0) is 14.1 Å². The summed E-state index contributed by atoms with van der Waals surface area (Å²) in [6.45, 7) is 0. The maximum Gasteiger partial charge on any atom is 0.328 e.